The highest BCUT2D eigenvalue weighted by Crippen LogP contribution is 2.43. The highest BCUT2D eigenvalue weighted by atomic mass is 32.1. The van der Waals surface area contributed by atoms with E-state index in [1.54, 1.807) is 0 Å². The van der Waals surface area contributed by atoms with Gasteiger partial charge in [-0.15, -0.1) is 11.3 Å². The Bertz CT molecular complexity index is 3800. The van der Waals surface area contributed by atoms with Gasteiger partial charge in [0.1, 0.15) is 11.2 Å². The predicted octanol–water partition coefficient (Wildman–Crippen LogP) is 17.0. The molecule has 13 rings (SSSR count). The minimum absolute atomic E-state index is 0.898. The molecule has 0 bridgehead atoms. The Morgan fingerprint density at radius 3 is 1.68 bits per heavy atom. The smallest absolute Gasteiger partial charge is 0.143 e. The highest BCUT2D eigenvalue weighted by Gasteiger charge is 2.18. The van der Waals surface area contributed by atoms with Crippen LogP contribution in [0.1, 0.15) is 0 Å². The van der Waals surface area contributed by atoms with Crippen molar-refractivity contribution in [2.75, 3.05) is 4.90 Å². The first-order chi connectivity index (χ1) is 30.7. The van der Waals surface area contributed by atoms with Crippen molar-refractivity contribution in [1.29, 1.82) is 0 Å². The topological polar surface area (TPSA) is 21.3 Å². The summed E-state index contributed by atoms with van der Waals surface area (Å²) in [7, 11) is 0. The third kappa shape index (κ3) is 5.44. The fourth-order valence-electron chi connectivity index (χ4n) is 9.69. The summed E-state index contributed by atoms with van der Waals surface area (Å²) in [6, 6.07) is 79.2. The van der Waals surface area contributed by atoms with E-state index in [4.69, 9.17) is 4.42 Å². The van der Waals surface area contributed by atoms with Crippen molar-refractivity contribution in [3.63, 3.8) is 0 Å². The molecule has 0 atom stereocenters. The van der Waals surface area contributed by atoms with Gasteiger partial charge in [0.25, 0.3) is 0 Å². The Kier molecular flexibility index (Phi) is 7.78. The molecule has 0 saturated carbocycles. The first-order valence-electron chi connectivity index (χ1n) is 21.1. The largest absolute Gasteiger partial charge is 0.455 e. The predicted molar refractivity (Wildman–Crippen MR) is 264 cm³/mol. The maximum atomic E-state index is 6.56. The first-order valence-corrected chi connectivity index (χ1v) is 21.9. The fraction of sp³-hybridized carbons (Fsp3) is 0. The number of benzene rings is 10. The van der Waals surface area contributed by atoms with Crippen LogP contribution in [-0.4, -0.2) is 4.57 Å². The van der Waals surface area contributed by atoms with Gasteiger partial charge in [-0.2, -0.15) is 0 Å². The van der Waals surface area contributed by atoms with Crippen molar-refractivity contribution < 1.29 is 4.42 Å². The standard InChI is InChI=1S/C58H36N2OS/c1-2-11-46-38(10-1)24-35-51-57-45(15-9-18-54(57)61-58(46)51)39-22-28-42(29-23-39)59(41-26-20-37(21-27-41)40-25-34-50-49-14-5-8-19-55(49)62-56(50)36-40)43-30-32-44(33-31-43)60-52-16-6-3-12-47(52)48-13-4-7-17-53(48)60/h1-36H. The van der Waals surface area contributed by atoms with Crippen molar-refractivity contribution in [3.8, 4) is 27.9 Å². The monoisotopic (exact) mass is 808 g/mol. The number of fused-ring (bicyclic) bond motifs is 11. The zero-order chi connectivity index (χ0) is 40.7. The van der Waals surface area contributed by atoms with E-state index in [1.165, 1.54) is 58.5 Å². The Morgan fingerprint density at radius 1 is 0.387 bits per heavy atom. The van der Waals surface area contributed by atoms with Crippen LogP contribution in [0.25, 0.3) is 103 Å². The molecule has 0 aliphatic rings. The molecule has 290 valence electrons. The van der Waals surface area contributed by atoms with Crippen LogP contribution in [0, 0.1) is 0 Å². The van der Waals surface area contributed by atoms with Gasteiger partial charge in [0.2, 0.25) is 0 Å². The Balaban J connectivity index is 0.916. The van der Waals surface area contributed by atoms with Crippen LogP contribution in [0.2, 0.25) is 0 Å². The first kappa shape index (κ1) is 34.9. The molecule has 0 amide bonds. The quantitative estimate of drug-likeness (QED) is 0.167. The molecule has 0 N–H and O–H groups in total. The van der Waals surface area contributed by atoms with Gasteiger partial charge in [-0.3, -0.25) is 0 Å². The molecular formula is C58H36N2OS. The van der Waals surface area contributed by atoms with Crippen LogP contribution < -0.4 is 4.90 Å². The highest BCUT2D eigenvalue weighted by molar-refractivity contribution is 7.25. The molecule has 62 heavy (non-hydrogen) atoms. The maximum absolute atomic E-state index is 6.56. The number of hydrogen-bond acceptors (Lipinski definition) is 3. The van der Waals surface area contributed by atoms with E-state index in [0.29, 0.717) is 0 Å². The van der Waals surface area contributed by atoms with Crippen LogP contribution in [0.5, 0.6) is 0 Å². The fourth-order valence-corrected chi connectivity index (χ4v) is 10.8. The Labute approximate surface area is 361 Å². The van der Waals surface area contributed by atoms with E-state index in [-0.39, 0.29) is 0 Å². The number of rotatable bonds is 6. The summed E-state index contributed by atoms with van der Waals surface area (Å²) in [5, 5.41) is 9.74. The molecule has 0 spiro atoms. The van der Waals surface area contributed by atoms with Crippen LogP contribution in [-0.2, 0) is 0 Å². The molecule has 0 aliphatic heterocycles. The maximum Gasteiger partial charge on any atom is 0.143 e. The average Bonchev–Trinajstić information content (AvgIpc) is 4.02. The van der Waals surface area contributed by atoms with E-state index in [1.807, 2.05) is 11.3 Å². The third-order valence-corrected chi connectivity index (χ3v) is 13.7. The minimum atomic E-state index is 0.898. The second-order valence-corrected chi connectivity index (χ2v) is 17.2. The summed E-state index contributed by atoms with van der Waals surface area (Å²) >= 11 is 1.86. The number of hydrogen-bond donors (Lipinski definition) is 0. The zero-order valence-corrected chi connectivity index (χ0v) is 34.3. The number of aromatic nitrogens is 1. The number of furan rings is 1. The lowest BCUT2D eigenvalue weighted by Gasteiger charge is -2.26. The SMILES string of the molecule is c1ccc2c(c1)ccc1c2oc2cccc(-c3ccc(N(c4ccc(-c5ccc6c(c5)sc5ccccc56)cc4)c4ccc(-n5c6ccccc6c6ccccc65)cc4)cc3)c21. The lowest BCUT2D eigenvalue weighted by molar-refractivity contribution is 0.673. The third-order valence-electron chi connectivity index (χ3n) is 12.6. The van der Waals surface area contributed by atoms with Gasteiger partial charge in [-0.1, -0.05) is 133 Å². The van der Waals surface area contributed by atoms with Gasteiger partial charge in [-0.05, 0) is 113 Å². The summed E-state index contributed by atoms with van der Waals surface area (Å²) in [6.45, 7) is 0. The van der Waals surface area contributed by atoms with Crippen molar-refractivity contribution >= 4 is 103 Å². The zero-order valence-electron chi connectivity index (χ0n) is 33.5. The summed E-state index contributed by atoms with van der Waals surface area (Å²) in [6.07, 6.45) is 0. The number of nitrogens with zero attached hydrogens (tertiary/aromatic N) is 2. The van der Waals surface area contributed by atoms with Crippen LogP contribution in [0.15, 0.2) is 223 Å². The Hall–Kier alpha value is -7.92. The molecule has 13 aromatic rings. The molecule has 3 heterocycles. The van der Waals surface area contributed by atoms with E-state index >= 15 is 0 Å². The number of para-hydroxylation sites is 2. The normalized spacial score (nSPS) is 11.9. The minimum Gasteiger partial charge on any atom is -0.455 e. The van der Waals surface area contributed by atoms with Crippen LogP contribution >= 0.6 is 11.3 Å². The van der Waals surface area contributed by atoms with Gasteiger partial charge in [0.15, 0.2) is 0 Å². The van der Waals surface area contributed by atoms with Gasteiger partial charge in [-0.25, -0.2) is 0 Å². The van der Waals surface area contributed by atoms with Crippen LogP contribution in [0.3, 0.4) is 0 Å². The van der Waals surface area contributed by atoms with Gasteiger partial charge in [0.05, 0.1) is 11.0 Å². The summed E-state index contributed by atoms with van der Waals surface area (Å²) in [5.41, 5.74) is 13.3. The van der Waals surface area contributed by atoms with E-state index < -0.39 is 0 Å². The molecule has 0 saturated heterocycles. The summed E-state index contributed by atoms with van der Waals surface area (Å²) < 4.78 is 11.6. The number of thiophene rings is 1. The van der Waals surface area contributed by atoms with Gasteiger partial charge in [0, 0.05) is 69.9 Å². The summed E-state index contributed by atoms with van der Waals surface area (Å²) in [4.78, 5) is 2.36. The average molecular weight is 809 g/mol. The lowest BCUT2D eigenvalue weighted by atomic mass is 9.98. The van der Waals surface area contributed by atoms with Crippen molar-refractivity contribution in [2.24, 2.45) is 0 Å². The second-order valence-electron chi connectivity index (χ2n) is 16.1. The molecule has 10 aromatic carbocycles. The lowest BCUT2D eigenvalue weighted by Crippen LogP contribution is -2.10. The Morgan fingerprint density at radius 2 is 0.952 bits per heavy atom. The van der Waals surface area contributed by atoms with Crippen LogP contribution in [0.4, 0.5) is 17.1 Å². The molecule has 4 heteroatoms. The van der Waals surface area contributed by atoms with Gasteiger partial charge >= 0.3 is 0 Å². The number of anilines is 3. The van der Waals surface area contributed by atoms with Crippen molar-refractivity contribution in [3.05, 3.63) is 218 Å². The molecule has 0 aliphatic carbocycles. The molecule has 3 nitrogen and oxygen atoms in total. The second kappa shape index (κ2) is 13.8. The molecule has 0 radical (unpaired) electrons. The molecular weight excluding hydrogens is 773 g/mol. The van der Waals surface area contributed by atoms with E-state index in [2.05, 4.69) is 228 Å². The summed E-state index contributed by atoms with van der Waals surface area (Å²) in [5.74, 6) is 0. The van der Waals surface area contributed by atoms with Gasteiger partial charge < -0.3 is 13.9 Å². The van der Waals surface area contributed by atoms with E-state index in [0.717, 1.165) is 61.2 Å². The molecule has 0 unspecified atom stereocenters. The van der Waals surface area contributed by atoms with Crippen molar-refractivity contribution in [1.82, 2.24) is 4.57 Å². The van der Waals surface area contributed by atoms with Crippen molar-refractivity contribution in [2.45, 2.75) is 0 Å². The molecule has 0 fully saturated rings. The molecule has 3 aromatic heterocycles. The van der Waals surface area contributed by atoms with E-state index in [9.17, 15) is 0 Å².